The highest BCUT2D eigenvalue weighted by atomic mass is 16.5. The molecule has 3 nitrogen and oxygen atoms in total. The Hall–Kier alpha value is -2.65. The molecule has 0 saturated carbocycles. The molecule has 0 spiro atoms. The van der Waals surface area contributed by atoms with Gasteiger partial charge in [-0.05, 0) is 31.1 Å². The van der Waals surface area contributed by atoms with Crippen molar-refractivity contribution in [3.8, 4) is 5.75 Å². The number of hydrogen-bond acceptors (Lipinski definition) is 3. The van der Waals surface area contributed by atoms with E-state index < -0.39 is 11.0 Å². The summed E-state index contributed by atoms with van der Waals surface area (Å²) in [5.41, 5.74) is 0.0232. The summed E-state index contributed by atoms with van der Waals surface area (Å²) in [6, 6.07) is 17.4. The number of hydrogen-bond donors (Lipinski definition) is 1. The van der Waals surface area contributed by atoms with E-state index in [-0.39, 0.29) is 5.92 Å². The molecular weight excluding hydrogens is 312 g/mol. The van der Waals surface area contributed by atoms with Gasteiger partial charge in [-0.3, -0.25) is 0 Å². The maximum atomic E-state index is 12.0. The summed E-state index contributed by atoms with van der Waals surface area (Å²) in [6.45, 7) is 1.79. The Morgan fingerprint density at radius 2 is 1.84 bits per heavy atom. The third-order valence-corrected chi connectivity index (χ3v) is 5.15. The van der Waals surface area contributed by atoms with Crippen molar-refractivity contribution in [3.05, 3.63) is 89.7 Å². The zero-order chi connectivity index (χ0) is 17.5. The maximum absolute atomic E-state index is 12.0. The van der Waals surface area contributed by atoms with E-state index >= 15 is 0 Å². The molecule has 0 bridgehead atoms. The molecule has 4 rings (SSSR count). The van der Waals surface area contributed by atoms with E-state index in [0.29, 0.717) is 17.9 Å². The molecule has 1 heterocycles. The fourth-order valence-corrected chi connectivity index (χ4v) is 3.77. The Morgan fingerprint density at radius 1 is 1.12 bits per heavy atom. The predicted octanol–water partition coefficient (Wildman–Crippen LogP) is 3.78. The molecule has 0 fully saturated rings. The third kappa shape index (κ3) is 2.61. The first-order valence-electron chi connectivity index (χ1n) is 8.46. The van der Waals surface area contributed by atoms with E-state index in [2.05, 4.69) is 0 Å². The first-order chi connectivity index (χ1) is 12.0. The lowest BCUT2D eigenvalue weighted by Gasteiger charge is -2.41. The van der Waals surface area contributed by atoms with Crippen molar-refractivity contribution in [1.82, 2.24) is 0 Å². The Bertz CT molecular complexity index is 864. The predicted molar refractivity (Wildman–Crippen MR) is 96.0 cm³/mol. The van der Waals surface area contributed by atoms with Crippen LogP contribution in [0.25, 0.3) is 0 Å². The van der Waals surface area contributed by atoms with Gasteiger partial charge in [-0.2, -0.15) is 0 Å². The minimum Gasteiger partial charge on any atom is -0.461 e. The van der Waals surface area contributed by atoms with E-state index in [1.54, 1.807) is 6.92 Å². The molecule has 25 heavy (non-hydrogen) atoms. The van der Waals surface area contributed by atoms with E-state index in [1.807, 2.05) is 72.8 Å². The Morgan fingerprint density at radius 3 is 2.60 bits per heavy atom. The summed E-state index contributed by atoms with van der Waals surface area (Å²) >= 11 is 0. The number of aliphatic hydroxyl groups is 1. The minimum atomic E-state index is -1.07. The molecule has 126 valence electrons. The highest BCUT2D eigenvalue weighted by Crippen LogP contribution is 2.48. The third-order valence-electron chi connectivity index (χ3n) is 5.15. The minimum absolute atomic E-state index is 0.300. The number of fused-ring (bicyclic) bond motifs is 2. The van der Waals surface area contributed by atoms with Crippen LogP contribution in [0.4, 0.5) is 0 Å². The number of benzene rings is 2. The molecule has 1 aliphatic heterocycles. The molecule has 0 unspecified atom stereocenters. The number of allylic oxidation sites excluding steroid dienone is 2. The second-order valence-electron chi connectivity index (χ2n) is 7.02. The molecular formula is C22H20O3. The summed E-state index contributed by atoms with van der Waals surface area (Å²) < 4.78 is 6.06. The Kier molecular flexibility index (Phi) is 3.62. The maximum Gasteiger partial charge on any atom is 0.134 e. The van der Waals surface area contributed by atoms with Gasteiger partial charge in [0.2, 0.25) is 0 Å². The van der Waals surface area contributed by atoms with Crippen LogP contribution in [-0.4, -0.2) is 11.4 Å². The van der Waals surface area contributed by atoms with Gasteiger partial charge in [-0.25, -0.2) is 0 Å². The Labute approximate surface area is 147 Å². The lowest BCUT2D eigenvalue weighted by molar-refractivity contribution is -0.112. The number of ether oxygens (including phenoxy) is 1. The lowest BCUT2D eigenvalue weighted by Crippen LogP contribution is -2.40. The summed E-state index contributed by atoms with van der Waals surface area (Å²) in [7, 11) is 0. The molecule has 0 aromatic heterocycles. The van der Waals surface area contributed by atoms with Crippen LogP contribution in [0.1, 0.15) is 18.1 Å². The molecule has 0 amide bonds. The molecule has 2 aliphatic rings. The average molecular weight is 332 g/mol. The van der Waals surface area contributed by atoms with Crippen LogP contribution >= 0.6 is 0 Å². The SMILES string of the molecule is C[C@@]1(O)c2ccccc2OC2=C[C@](C=O)(Cc3ccccc3)C=C[C@H]21. The highest BCUT2D eigenvalue weighted by Gasteiger charge is 2.45. The van der Waals surface area contributed by atoms with Crippen LogP contribution < -0.4 is 4.74 Å². The molecule has 1 aliphatic carbocycles. The van der Waals surface area contributed by atoms with E-state index in [9.17, 15) is 9.90 Å². The molecule has 1 N–H and O–H groups in total. The van der Waals surface area contributed by atoms with E-state index in [4.69, 9.17) is 4.74 Å². The Balaban J connectivity index is 1.75. The van der Waals surface area contributed by atoms with Crippen molar-refractivity contribution in [2.75, 3.05) is 0 Å². The van der Waals surface area contributed by atoms with Crippen molar-refractivity contribution in [2.24, 2.45) is 11.3 Å². The first-order valence-corrected chi connectivity index (χ1v) is 8.46. The van der Waals surface area contributed by atoms with Crippen molar-refractivity contribution in [1.29, 1.82) is 0 Å². The summed E-state index contributed by atoms with van der Waals surface area (Å²) in [5, 5.41) is 11.1. The van der Waals surface area contributed by atoms with E-state index in [0.717, 1.165) is 17.4 Å². The first kappa shape index (κ1) is 15.9. The second kappa shape index (κ2) is 5.71. The van der Waals surface area contributed by atoms with Gasteiger partial charge in [-0.15, -0.1) is 0 Å². The molecule has 2 aromatic rings. The number of rotatable bonds is 3. The van der Waals surface area contributed by atoms with Crippen molar-refractivity contribution in [3.63, 3.8) is 0 Å². The molecule has 3 atom stereocenters. The van der Waals surface area contributed by atoms with Gasteiger partial charge in [-0.1, -0.05) is 60.7 Å². The largest absolute Gasteiger partial charge is 0.461 e. The number of carbonyl (C=O) groups excluding carboxylic acids is 1. The molecule has 3 heteroatoms. The van der Waals surface area contributed by atoms with E-state index in [1.165, 1.54) is 0 Å². The van der Waals surface area contributed by atoms with Crippen LogP contribution in [0.5, 0.6) is 5.75 Å². The molecule has 0 saturated heterocycles. The van der Waals surface area contributed by atoms with Crippen LogP contribution in [-0.2, 0) is 16.8 Å². The van der Waals surface area contributed by atoms with Crippen molar-refractivity contribution >= 4 is 6.29 Å². The smallest absolute Gasteiger partial charge is 0.134 e. The van der Waals surface area contributed by atoms with Gasteiger partial charge >= 0.3 is 0 Å². The molecule has 0 radical (unpaired) electrons. The molecule has 2 aromatic carbocycles. The number of carbonyl (C=O) groups is 1. The van der Waals surface area contributed by atoms with Crippen molar-refractivity contribution < 1.29 is 14.6 Å². The van der Waals surface area contributed by atoms with Crippen LogP contribution in [0, 0.1) is 11.3 Å². The second-order valence-corrected chi connectivity index (χ2v) is 7.02. The fraction of sp³-hybridized carbons (Fsp3) is 0.227. The van der Waals surface area contributed by atoms with Gasteiger partial charge in [0.1, 0.15) is 23.4 Å². The zero-order valence-corrected chi connectivity index (χ0v) is 14.1. The van der Waals surface area contributed by atoms with Crippen molar-refractivity contribution in [2.45, 2.75) is 18.9 Å². The van der Waals surface area contributed by atoms with Gasteiger partial charge in [0, 0.05) is 5.56 Å². The summed E-state index contributed by atoms with van der Waals surface area (Å²) in [4.78, 5) is 12.0. The quantitative estimate of drug-likeness (QED) is 0.687. The van der Waals surface area contributed by atoms with Gasteiger partial charge < -0.3 is 14.6 Å². The van der Waals surface area contributed by atoms with Crippen LogP contribution in [0.3, 0.4) is 0 Å². The average Bonchev–Trinajstić information content (AvgIpc) is 2.62. The summed E-state index contributed by atoms with van der Waals surface area (Å²) in [5.74, 6) is 0.977. The standard InChI is InChI=1S/C22H20O3/c1-21(24)17-9-5-6-10-19(17)25-20-14-22(15-23,12-11-18(20)21)13-16-7-3-2-4-8-16/h2-12,14-15,18,24H,13H2,1H3/t18-,21-,22-/m1/s1. The topological polar surface area (TPSA) is 46.5 Å². The van der Waals surface area contributed by atoms with Gasteiger partial charge in [0.05, 0.1) is 11.3 Å². The number of para-hydroxylation sites is 1. The fourth-order valence-electron chi connectivity index (χ4n) is 3.77. The van der Waals surface area contributed by atoms with Gasteiger partial charge in [0.25, 0.3) is 0 Å². The highest BCUT2D eigenvalue weighted by molar-refractivity contribution is 5.69. The van der Waals surface area contributed by atoms with Crippen LogP contribution in [0.2, 0.25) is 0 Å². The monoisotopic (exact) mass is 332 g/mol. The zero-order valence-electron chi connectivity index (χ0n) is 14.1. The normalized spacial score (nSPS) is 29.8. The lowest BCUT2D eigenvalue weighted by atomic mass is 9.71. The van der Waals surface area contributed by atoms with Crippen LogP contribution in [0.15, 0.2) is 78.6 Å². The number of aldehydes is 1. The van der Waals surface area contributed by atoms with Gasteiger partial charge in [0.15, 0.2) is 0 Å². The summed E-state index contributed by atoms with van der Waals surface area (Å²) in [6.07, 6.45) is 7.19.